The van der Waals surface area contributed by atoms with Crippen LogP contribution in [0.5, 0.6) is 0 Å². The smallest absolute Gasteiger partial charge is 0.248 e. The van der Waals surface area contributed by atoms with Crippen molar-refractivity contribution in [1.29, 1.82) is 0 Å². The summed E-state index contributed by atoms with van der Waals surface area (Å²) >= 11 is 0. The van der Waals surface area contributed by atoms with E-state index in [0.717, 1.165) is 17.0 Å². The highest BCUT2D eigenvalue weighted by Crippen LogP contribution is 2.27. The lowest BCUT2D eigenvalue weighted by Crippen LogP contribution is -2.02. The number of rotatable bonds is 3. The Kier molecular flexibility index (Phi) is 3.95. The predicted octanol–water partition coefficient (Wildman–Crippen LogP) is 4.64. The SMILES string of the molecule is Cc1nnc(-c2ccccc2/C=C/C2CCCCC2)o1. The first-order valence-corrected chi connectivity index (χ1v) is 7.40. The summed E-state index contributed by atoms with van der Waals surface area (Å²) in [4.78, 5) is 0. The van der Waals surface area contributed by atoms with Crippen molar-refractivity contribution in [3.8, 4) is 11.5 Å². The van der Waals surface area contributed by atoms with E-state index in [1.165, 1.54) is 32.1 Å². The highest BCUT2D eigenvalue weighted by atomic mass is 16.4. The van der Waals surface area contributed by atoms with E-state index in [1.54, 1.807) is 0 Å². The maximum Gasteiger partial charge on any atom is 0.248 e. The highest BCUT2D eigenvalue weighted by molar-refractivity contribution is 5.69. The molecule has 1 saturated carbocycles. The third kappa shape index (κ3) is 2.98. The van der Waals surface area contributed by atoms with Gasteiger partial charge in [0.05, 0.1) is 0 Å². The van der Waals surface area contributed by atoms with Crippen molar-refractivity contribution in [1.82, 2.24) is 10.2 Å². The predicted molar refractivity (Wildman–Crippen MR) is 80.1 cm³/mol. The summed E-state index contributed by atoms with van der Waals surface area (Å²) in [5.41, 5.74) is 2.17. The van der Waals surface area contributed by atoms with Crippen molar-refractivity contribution in [3.63, 3.8) is 0 Å². The first kappa shape index (κ1) is 13.1. The summed E-state index contributed by atoms with van der Waals surface area (Å²) in [6.07, 6.45) is 11.3. The fourth-order valence-electron chi connectivity index (χ4n) is 2.81. The van der Waals surface area contributed by atoms with E-state index in [1.807, 2.05) is 25.1 Å². The number of hydrogen-bond donors (Lipinski definition) is 0. The zero-order valence-corrected chi connectivity index (χ0v) is 11.9. The molecule has 104 valence electrons. The summed E-state index contributed by atoms with van der Waals surface area (Å²) in [5.74, 6) is 1.93. The molecule has 0 bridgehead atoms. The number of benzene rings is 1. The topological polar surface area (TPSA) is 38.9 Å². The van der Waals surface area contributed by atoms with Crippen LogP contribution in [-0.4, -0.2) is 10.2 Å². The Bertz CT molecular complexity index is 595. The lowest BCUT2D eigenvalue weighted by molar-refractivity contribution is 0.420. The molecule has 0 radical (unpaired) electrons. The van der Waals surface area contributed by atoms with Gasteiger partial charge in [0, 0.05) is 12.5 Å². The van der Waals surface area contributed by atoms with Gasteiger partial charge in [0.25, 0.3) is 0 Å². The van der Waals surface area contributed by atoms with E-state index in [-0.39, 0.29) is 0 Å². The van der Waals surface area contributed by atoms with Crippen molar-refractivity contribution >= 4 is 6.08 Å². The first-order chi connectivity index (χ1) is 9.83. The lowest BCUT2D eigenvalue weighted by Gasteiger charge is -2.17. The van der Waals surface area contributed by atoms with Gasteiger partial charge in [-0.05, 0) is 30.4 Å². The second-order valence-corrected chi connectivity index (χ2v) is 5.47. The maximum atomic E-state index is 5.55. The van der Waals surface area contributed by atoms with Gasteiger partial charge in [0.2, 0.25) is 11.8 Å². The molecule has 1 aliphatic carbocycles. The molecule has 3 nitrogen and oxygen atoms in total. The lowest BCUT2D eigenvalue weighted by atomic mass is 9.88. The minimum Gasteiger partial charge on any atom is -0.421 e. The number of aromatic nitrogens is 2. The van der Waals surface area contributed by atoms with Gasteiger partial charge in [-0.2, -0.15) is 0 Å². The van der Waals surface area contributed by atoms with Crippen LogP contribution in [0.1, 0.15) is 43.6 Å². The molecule has 1 aliphatic rings. The van der Waals surface area contributed by atoms with E-state index in [0.29, 0.717) is 11.8 Å². The molecule has 0 N–H and O–H groups in total. The van der Waals surface area contributed by atoms with Crippen LogP contribution in [0.3, 0.4) is 0 Å². The van der Waals surface area contributed by atoms with Crippen LogP contribution in [0, 0.1) is 12.8 Å². The minimum absolute atomic E-state index is 0.603. The number of allylic oxidation sites excluding steroid dienone is 1. The molecule has 1 heterocycles. The van der Waals surface area contributed by atoms with Crippen molar-refractivity contribution in [3.05, 3.63) is 41.8 Å². The van der Waals surface area contributed by atoms with Crippen LogP contribution in [0.4, 0.5) is 0 Å². The maximum absolute atomic E-state index is 5.55. The van der Waals surface area contributed by atoms with E-state index < -0.39 is 0 Å². The molecule has 0 spiro atoms. The molecule has 0 saturated heterocycles. The second-order valence-electron chi connectivity index (χ2n) is 5.47. The molecule has 0 atom stereocenters. The molecule has 2 aromatic rings. The fraction of sp³-hybridized carbons (Fsp3) is 0.412. The number of aryl methyl sites for hydroxylation is 1. The quantitative estimate of drug-likeness (QED) is 0.814. The van der Waals surface area contributed by atoms with Crippen LogP contribution in [0.25, 0.3) is 17.5 Å². The van der Waals surface area contributed by atoms with Crippen LogP contribution in [-0.2, 0) is 0 Å². The van der Waals surface area contributed by atoms with E-state index in [9.17, 15) is 0 Å². The van der Waals surface area contributed by atoms with Crippen LogP contribution < -0.4 is 0 Å². The summed E-state index contributed by atoms with van der Waals surface area (Å²) < 4.78 is 5.55. The van der Waals surface area contributed by atoms with Crippen molar-refractivity contribution < 1.29 is 4.42 Å². The van der Waals surface area contributed by atoms with Gasteiger partial charge in [-0.25, -0.2) is 0 Å². The fourth-order valence-corrected chi connectivity index (χ4v) is 2.81. The molecule has 1 aromatic carbocycles. The molecule has 1 fully saturated rings. The van der Waals surface area contributed by atoms with E-state index >= 15 is 0 Å². The molecule has 0 unspecified atom stereocenters. The molecular weight excluding hydrogens is 248 g/mol. The van der Waals surface area contributed by atoms with Gasteiger partial charge in [-0.1, -0.05) is 49.6 Å². The van der Waals surface area contributed by atoms with Gasteiger partial charge in [0.1, 0.15) is 0 Å². The van der Waals surface area contributed by atoms with Gasteiger partial charge < -0.3 is 4.42 Å². The average molecular weight is 268 g/mol. The van der Waals surface area contributed by atoms with Crippen molar-refractivity contribution in [2.24, 2.45) is 5.92 Å². The number of hydrogen-bond acceptors (Lipinski definition) is 3. The van der Waals surface area contributed by atoms with Gasteiger partial charge in [-0.15, -0.1) is 10.2 Å². The molecule has 20 heavy (non-hydrogen) atoms. The third-order valence-corrected chi connectivity index (χ3v) is 3.92. The van der Waals surface area contributed by atoms with Gasteiger partial charge >= 0.3 is 0 Å². The third-order valence-electron chi connectivity index (χ3n) is 3.92. The van der Waals surface area contributed by atoms with Crippen LogP contribution in [0.2, 0.25) is 0 Å². The Hall–Kier alpha value is -1.90. The molecule has 3 heteroatoms. The van der Waals surface area contributed by atoms with Crippen LogP contribution >= 0.6 is 0 Å². The number of nitrogens with zero attached hydrogens (tertiary/aromatic N) is 2. The monoisotopic (exact) mass is 268 g/mol. The normalized spacial score (nSPS) is 16.9. The second kappa shape index (κ2) is 6.04. The van der Waals surface area contributed by atoms with Gasteiger partial charge in [-0.3, -0.25) is 0 Å². The summed E-state index contributed by atoms with van der Waals surface area (Å²) in [5, 5.41) is 8.03. The average Bonchev–Trinajstić information content (AvgIpc) is 2.93. The Labute approximate surface area is 119 Å². The van der Waals surface area contributed by atoms with E-state index in [2.05, 4.69) is 28.4 Å². The summed E-state index contributed by atoms with van der Waals surface area (Å²) in [6.45, 7) is 1.82. The summed E-state index contributed by atoms with van der Waals surface area (Å²) in [6, 6.07) is 8.20. The highest BCUT2D eigenvalue weighted by Gasteiger charge is 2.12. The zero-order chi connectivity index (χ0) is 13.8. The van der Waals surface area contributed by atoms with Crippen LogP contribution in [0.15, 0.2) is 34.8 Å². The van der Waals surface area contributed by atoms with Gasteiger partial charge in [0.15, 0.2) is 0 Å². The largest absolute Gasteiger partial charge is 0.421 e. The van der Waals surface area contributed by atoms with Crippen molar-refractivity contribution in [2.75, 3.05) is 0 Å². The van der Waals surface area contributed by atoms with E-state index in [4.69, 9.17) is 4.42 Å². The molecule has 1 aromatic heterocycles. The zero-order valence-electron chi connectivity index (χ0n) is 11.9. The Morgan fingerprint density at radius 1 is 1.10 bits per heavy atom. The Morgan fingerprint density at radius 3 is 2.65 bits per heavy atom. The Morgan fingerprint density at radius 2 is 1.90 bits per heavy atom. The standard InChI is InChI=1S/C17H20N2O/c1-13-18-19-17(20-13)16-10-6-5-9-15(16)12-11-14-7-3-2-4-8-14/h5-6,9-12,14H,2-4,7-8H2,1H3/b12-11+. The first-order valence-electron chi connectivity index (χ1n) is 7.40. The molecule has 0 aliphatic heterocycles. The Balaban J connectivity index is 1.84. The van der Waals surface area contributed by atoms with Crippen molar-refractivity contribution in [2.45, 2.75) is 39.0 Å². The molecule has 0 amide bonds. The summed E-state index contributed by atoms with van der Waals surface area (Å²) in [7, 11) is 0. The molecule has 3 rings (SSSR count). The molecular formula is C17H20N2O. The minimum atomic E-state index is 0.603.